The molecule has 0 aromatic heterocycles. The molecule has 3 aliphatic heterocycles. The zero-order chi connectivity index (χ0) is 19.0. The first-order valence-electron chi connectivity index (χ1n) is 9.66. The van der Waals surface area contributed by atoms with E-state index in [1.165, 1.54) is 12.8 Å². The number of anilines is 1. The molecule has 3 aliphatic rings. The smallest absolute Gasteiger partial charge is 0.227 e. The van der Waals surface area contributed by atoms with Gasteiger partial charge in [-0.25, -0.2) is 0 Å². The van der Waals surface area contributed by atoms with Gasteiger partial charge in [0.1, 0.15) is 11.5 Å². The summed E-state index contributed by atoms with van der Waals surface area (Å²) in [6, 6.07) is 6.62. The van der Waals surface area contributed by atoms with E-state index in [4.69, 9.17) is 9.47 Å². The van der Waals surface area contributed by atoms with Crippen LogP contribution in [0.2, 0.25) is 0 Å². The molecule has 2 amide bonds. The minimum absolute atomic E-state index is 0. The third-order valence-electron chi connectivity index (χ3n) is 5.99. The Morgan fingerprint density at radius 2 is 1.89 bits per heavy atom. The lowest BCUT2D eigenvalue weighted by molar-refractivity contribution is -0.127. The van der Waals surface area contributed by atoms with Crippen molar-refractivity contribution >= 4 is 29.9 Å². The van der Waals surface area contributed by atoms with Gasteiger partial charge in [-0.2, -0.15) is 0 Å². The van der Waals surface area contributed by atoms with Gasteiger partial charge in [-0.3, -0.25) is 9.59 Å². The van der Waals surface area contributed by atoms with Crippen LogP contribution in [0.25, 0.3) is 0 Å². The van der Waals surface area contributed by atoms with E-state index in [0.29, 0.717) is 35.8 Å². The van der Waals surface area contributed by atoms with Crippen LogP contribution in [-0.2, 0) is 9.59 Å². The molecular formula is C20H28ClN3O4. The zero-order valence-corrected chi connectivity index (χ0v) is 17.1. The van der Waals surface area contributed by atoms with E-state index < -0.39 is 0 Å². The quantitative estimate of drug-likeness (QED) is 0.776. The Morgan fingerprint density at radius 3 is 2.54 bits per heavy atom. The number of piperidine rings is 1. The van der Waals surface area contributed by atoms with E-state index in [-0.39, 0.29) is 42.6 Å². The number of carbonyl (C=O) groups is 2. The molecule has 0 radical (unpaired) electrons. The number of hydrogen-bond donors (Lipinski definition) is 2. The fourth-order valence-electron chi connectivity index (χ4n) is 4.62. The van der Waals surface area contributed by atoms with Crippen LogP contribution in [0.1, 0.15) is 32.1 Å². The number of nitrogens with one attached hydrogen (secondary N) is 2. The van der Waals surface area contributed by atoms with Gasteiger partial charge in [0.15, 0.2) is 0 Å². The third-order valence-corrected chi connectivity index (χ3v) is 5.99. The lowest BCUT2D eigenvalue weighted by Gasteiger charge is -2.30. The number of amides is 2. The lowest BCUT2D eigenvalue weighted by Crippen LogP contribution is -2.49. The second kappa shape index (κ2) is 8.57. The average Bonchev–Trinajstić information content (AvgIpc) is 3.23. The molecule has 3 heterocycles. The number of rotatable bonds is 5. The minimum Gasteiger partial charge on any atom is -0.497 e. The third kappa shape index (κ3) is 4.05. The summed E-state index contributed by atoms with van der Waals surface area (Å²) in [5, 5.41) is 6.77. The number of fused-ring (bicyclic) bond motifs is 2. The maximum absolute atomic E-state index is 12.8. The Labute approximate surface area is 171 Å². The average molecular weight is 410 g/mol. The molecule has 154 valence electrons. The van der Waals surface area contributed by atoms with Crippen molar-refractivity contribution in [2.24, 2.45) is 5.92 Å². The van der Waals surface area contributed by atoms with Crippen molar-refractivity contribution < 1.29 is 19.1 Å². The van der Waals surface area contributed by atoms with Crippen LogP contribution in [0.3, 0.4) is 0 Å². The molecule has 0 saturated carbocycles. The molecule has 8 heteroatoms. The van der Waals surface area contributed by atoms with Gasteiger partial charge in [-0.15, -0.1) is 12.4 Å². The van der Waals surface area contributed by atoms with Crippen LogP contribution in [0.4, 0.5) is 5.69 Å². The SMILES string of the molecule is COc1ccc(N2CC(C(=O)NC3CC4CCC(C3)N4)CC2=O)c(OC)c1.Cl. The molecule has 3 atom stereocenters. The van der Waals surface area contributed by atoms with Crippen molar-refractivity contribution in [3.63, 3.8) is 0 Å². The van der Waals surface area contributed by atoms with Crippen LogP contribution in [-0.4, -0.2) is 50.7 Å². The molecule has 3 saturated heterocycles. The summed E-state index contributed by atoms with van der Waals surface area (Å²) in [6.07, 6.45) is 4.60. The Kier molecular flexibility index (Phi) is 6.35. The number of methoxy groups -OCH3 is 2. The summed E-state index contributed by atoms with van der Waals surface area (Å²) >= 11 is 0. The van der Waals surface area contributed by atoms with Crippen LogP contribution in [0, 0.1) is 5.92 Å². The second-order valence-electron chi connectivity index (χ2n) is 7.76. The summed E-state index contributed by atoms with van der Waals surface area (Å²) in [7, 11) is 3.15. The maximum Gasteiger partial charge on any atom is 0.227 e. The number of halogens is 1. The van der Waals surface area contributed by atoms with Crippen molar-refractivity contribution in [2.75, 3.05) is 25.7 Å². The van der Waals surface area contributed by atoms with Gasteiger partial charge in [0.2, 0.25) is 11.8 Å². The lowest BCUT2D eigenvalue weighted by atomic mass is 9.98. The predicted molar refractivity (Wildman–Crippen MR) is 108 cm³/mol. The van der Waals surface area contributed by atoms with E-state index in [9.17, 15) is 9.59 Å². The number of ether oxygens (including phenoxy) is 2. The van der Waals surface area contributed by atoms with Gasteiger partial charge in [0.05, 0.1) is 25.8 Å². The summed E-state index contributed by atoms with van der Waals surface area (Å²) in [6.45, 7) is 0.380. The molecule has 3 fully saturated rings. The predicted octanol–water partition coefficient (Wildman–Crippen LogP) is 1.88. The summed E-state index contributed by atoms with van der Waals surface area (Å²) in [5.74, 6) is 0.848. The highest BCUT2D eigenvalue weighted by molar-refractivity contribution is 6.01. The van der Waals surface area contributed by atoms with Crippen molar-refractivity contribution in [2.45, 2.75) is 50.2 Å². The van der Waals surface area contributed by atoms with Crippen LogP contribution >= 0.6 is 12.4 Å². The highest BCUT2D eigenvalue weighted by Crippen LogP contribution is 2.36. The Morgan fingerprint density at radius 1 is 1.18 bits per heavy atom. The van der Waals surface area contributed by atoms with Gasteiger partial charge in [-0.1, -0.05) is 0 Å². The summed E-state index contributed by atoms with van der Waals surface area (Å²) in [4.78, 5) is 27.0. The zero-order valence-electron chi connectivity index (χ0n) is 16.3. The Bertz CT molecular complexity index is 732. The maximum atomic E-state index is 12.8. The molecule has 7 nitrogen and oxygen atoms in total. The Hall–Kier alpha value is -1.99. The van der Waals surface area contributed by atoms with Gasteiger partial charge in [-0.05, 0) is 37.8 Å². The normalized spacial score (nSPS) is 28.6. The highest BCUT2D eigenvalue weighted by atomic mass is 35.5. The fraction of sp³-hybridized carbons (Fsp3) is 0.600. The van der Waals surface area contributed by atoms with E-state index in [1.807, 2.05) is 0 Å². The van der Waals surface area contributed by atoms with E-state index >= 15 is 0 Å². The molecular weight excluding hydrogens is 382 g/mol. The van der Waals surface area contributed by atoms with Gasteiger partial charge in [0, 0.05) is 37.2 Å². The monoisotopic (exact) mass is 409 g/mol. The van der Waals surface area contributed by atoms with Crippen molar-refractivity contribution in [1.82, 2.24) is 10.6 Å². The first kappa shape index (κ1) is 20.7. The second-order valence-corrected chi connectivity index (χ2v) is 7.76. The number of carbonyl (C=O) groups excluding carboxylic acids is 2. The van der Waals surface area contributed by atoms with Crippen LogP contribution in [0.15, 0.2) is 18.2 Å². The number of benzene rings is 1. The molecule has 1 aromatic carbocycles. The molecule has 28 heavy (non-hydrogen) atoms. The fourth-order valence-corrected chi connectivity index (χ4v) is 4.62. The van der Waals surface area contributed by atoms with E-state index in [2.05, 4.69) is 10.6 Å². The van der Waals surface area contributed by atoms with E-state index in [1.54, 1.807) is 37.3 Å². The summed E-state index contributed by atoms with van der Waals surface area (Å²) < 4.78 is 10.6. The topological polar surface area (TPSA) is 79.9 Å². The molecule has 2 bridgehead atoms. The first-order chi connectivity index (χ1) is 13.1. The number of hydrogen-bond acceptors (Lipinski definition) is 5. The number of nitrogens with zero attached hydrogens (tertiary/aromatic N) is 1. The highest BCUT2D eigenvalue weighted by Gasteiger charge is 2.39. The van der Waals surface area contributed by atoms with Gasteiger partial charge in [0.25, 0.3) is 0 Å². The van der Waals surface area contributed by atoms with Crippen molar-refractivity contribution in [3.8, 4) is 11.5 Å². The molecule has 4 rings (SSSR count). The molecule has 3 unspecified atom stereocenters. The molecule has 2 N–H and O–H groups in total. The largest absolute Gasteiger partial charge is 0.497 e. The minimum atomic E-state index is -0.322. The van der Waals surface area contributed by atoms with Crippen molar-refractivity contribution in [1.29, 1.82) is 0 Å². The first-order valence-corrected chi connectivity index (χ1v) is 9.66. The molecule has 1 aromatic rings. The molecule has 0 aliphatic carbocycles. The standard InChI is InChI=1S/C20H27N3O4.ClH/c1-26-16-5-6-17(18(10-16)27-2)23-11-12(7-19(23)24)20(25)22-15-8-13-3-4-14(9-15)21-13;/h5-6,10,12-15,21H,3-4,7-9,11H2,1-2H3,(H,22,25);1H. The summed E-state index contributed by atoms with van der Waals surface area (Å²) in [5.41, 5.74) is 0.679. The van der Waals surface area contributed by atoms with Crippen LogP contribution < -0.4 is 25.0 Å². The van der Waals surface area contributed by atoms with Gasteiger partial charge < -0.3 is 25.0 Å². The van der Waals surface area contributed by atoms with Gasteiger partial charge >= 0.3 is 0 Å². The van der Waals surface area contributed by atoms with Crippen LogP contribution in [0.5, 0.6) is 11.5 Å². The van der Waals surface area contributed by atoms with E-state index in [0.717, 1.165) is 12.8 Å². The Balaban J connectivity index is 0.00000225. The molecule has 0 spiro atoms. The van der Waals surface area contributed by atoms with Crippen molar-refractivity contribution in [3.05, 3.63) is 18.2 Å².